The van der Waals surface area contributed by atoms with Crippen LogP contribution in [-0.4, -0.2) is 12.2 Å². The van der Waals surface area contributed by atoms with Crippen molar-refractivity contribution in [3.05, 3.63) is 41.0 Å². The molecule has 2 N–H and O–H groups in total. The molecule has 1 aromatic carbocycles. The van der Waals surface area contributed by atoms with E-state index >= 15 is 0 Å². The van der Waals surface area contributed by atoms with Crippen molar-refractivity contribution in [2.45, 2.75) is 6.92 Å². The highest BCUT2D eigenvalue weighted by atomic mass is 16.1. The third-order valence-corrected chi connectivity index (χ3v) is 1.78. The monoisotopic (exact) mass is 189 g/mol. The van der Waals surface area contributed by atoms with Crippen LogP contribution in [-0.2, 0) is 4.79 Å². The van der Waals surface area contributed by atoms with Crippen LogP contribution in [0.3, 0.4) is 0 Å². The van der Waals surface area contributed by atoms with Crippen LogP contribution >= 0.6 is 0 Å². The molecule has 14 heavy (non-hydrogen) atoms. The zero-order valence-corrected chi connectivity index (χ0v) is 7.86. The molecule has 0 heterocycles. The average molecular weight is 189 g/mol. The van der Waals surface area contributed by atoms with Gasteiger partial charge in [-0.15, -0.1) is 0 Å². The van der Waals surface area contributed by atoms with Gasteiger partial charge in [0.15, 0.2) is 0 Å². The Hall–Kier alpha value is -1.90. The molecular weight excluding hydrogens is 178 g/mol. The minimum absolute atomic E-state index is 0.451. The van der Waals surface area contributed by atoms with Gasteiger partial charge in [0.25, 0.3) is 0 Å². The predicted octanol–water partition coefficient (Wildman–Crippen LogP) is 1.39. The molecule has 0 atom stereocenters. The minimum atomic E-state index is -0.451. The smallest absolute Gasteiger partial charge is 0.248 e. The molecular formula is C11H11NO2. The van der Waals surface area contributed by atoms with Gasteiger partial charge >= 0.3 is 0 Å². The summed E-state index contributed by atoms with van der Waals surface area (Å²) in [5, 5.41) is 0. The Bertz CT molecular complexity index is 377. The minimum Gasteiger partial charge on any atom is -0.366 e. The number of amides is 1. The molecule has 1 amide bonds. The second kappa shape index (κ2) is 4.37. The number of primary amides is 1. The Morgan fingerprint density at radius 3 is 2.29 bits per heavy atom. The molecule has 72 valence electrons. The van der Waals surface area contributed by atoms with E-state index in [-0.39, 0.29) is 0 Å². The number of carbonyl (C=O) groups is 2. The van der Waals surface area contributed by atoms with Crippen LogP contribution < -0.4 is 5.73 Å². The molecule has 0 radical (unpaired) electrons. The lowest BCUT2D eigenvalue weighted by molar-refractivity contribution is -0.104. The SMILES string of the molecule is CC(C=O)=Cc1ccc(C(N)=O)cc1. The maximum atomic E-state index is 10.7. The second-order valence-corrected chi connectivity index (χ2v) is 2.99. The molecule has 0 saturated heterocycles. The van der Waals surface area contributed by atoms with Crippen molar-refractivity contribution in [1.82, 2.24) is 0 Å². The van der Waals surface area contributed by atoms with E-state index in [0.29, 0.717) is 11.1 Å². The molecule has 0 aliphatic heterocycles. The van der Waals surface area contributed by atoms with Crippen molar-refractivity contribution < 1.29 is 9.59 Å². The summed E-state index contributed by atoms with van der Waals surface area (Å²) < 4.78 is 0. The molecule has 0 fully saturated rings. The van der Waals surface area contributed by atoms with Crippen molar-refractivity contribution in [1.29, 1.82) is 0 Å². The first-order chi connectivity index (χ1) is 6.63. The fourth-order valence-electron chi connectivity index (χ4n) is 1.04. The molecule has 0 aromatic heterocycles. The Kier molecular flexibility index (Phi) is 3.18. The third kappa shape index (κ3) is 2.55. The van der Waals surface area contributed by atoms with Gasteiger partial charge < -0.3 is 5.73 Å². The lowest BCUT2D eigenvalue weighted by Gasteiger charge is -1.96. The van der Waals surface area contributed by atoms with Crippen LogP contribution in [0, 0.1) is 0 Å². The van der Waals surface area contributed by atoms with Gasteiger partial charge in [0.05, 0.1) is 0 Å². The number of allylic oxidation sites excluding steroid dienone is 1. The lowest BCUT2D eigenvalue weighted by Crippen LogP contribution is -2.10. The van der Waals surface area contributed by atoms with Gasteiger partial charge in [-0.1, -0.05) is 12.1 Å². The standard InChI is InChI=1S/C11H11NO2/c1-8(7-13)6-9-2-4-10(5-3-9)11(12)14/h2-7H,1H3,(H2,12,14). The number of benzene rings is 1. The van der Waals surface area contributed by atoms with Gasteiger partial charge in [-0.3, -0.25) is 9.59 Å². The first-order valence-corrected chi connectivity index (χ1v) is 4.17. The number of hydrogen-bond donors (Lipinski definition) is 1. The average Bonchev–Trinajstić information content (AvgIpc) is 2.18. The van der Waals surface area contributed by atoms with E-state index in [1.165, 1.54) is 0 Å². The van der Waals surface area contributed by atoms with E-state index in [2.05, 4.69) is 0 Å². The second-order valence-electron chi connectivity index (χ2n) is 2.99. The van der Waals surface area contributed by atoms with E-state index in [1.54, 1.807) is 37.3 Å². The zero-order chi connectivity index (χ0) is 10.6. The third-order valence-electron chi connectivity index (χ3n) is 1.78. The Labute approximate surface area is 82.2 Å². The van der Waals surface area contributed by atoms with Gasteiger partial charge in [0, 0.05) is 5.56 Å². The lowest BCUT2D eigenvalue weighted by atomic mass is 10.1. The highest BCUT2D eigenvalue weighted by Crippen LogP contribution is 2.07. The molecule has 3 heteroatoms. The molecule has 3 nitrogen and oxygen atoms in total. The fourth-order valence-corrected chi connectivity index (χ4v) is 1.04. The quantitative estimate of drug-likeness (QED) is 0.577. The van der Waals surface area contributed by atoms with Crippen LogP contribution in [0.2, 0.25) is 0 Å². The van der Waals surface area contributed by atoms with Crippen LogP contribution in [0.25, 0.3) is 6.08 Å². The van der Waals surface area contributed by atoms with E-state index < -0.39 is 5.91 Å². The summed E-state index contributed by atoms with van der Waals surface area (Å²) in [7, 11) is 0. The summed E-state index contributed by atoms with van der Waals surface area (Å²) in [6.45, 7) is 1.72. The first kappa shape index (κ1) is 10.2. The largest absolute Gasteiger partial charge is 0.366 e. The van der Waals surface area contributed by atoms with Crippen molar-refractivity contribution in [3.8, 4) is 0 Å². The Morgan fingerprint density at radius 2 is 1.86 bits per heavy atom. The summed E-state index contributed by atoms with van der Waals surface area (Å²) >= 11 is 0. The molecule has 0 bridgehead atoms. The summed E-state index contributed by atoms with van der Waals surface area (Å²) in [5.41, 5.74) is 7.06. The van der Waals surface area contributed by atoms with E-state index in [0.717, 1.165) is 11.8 Å². The molecule has 0 unspecified atom stereocenters. The van der Waals surface area contributed by atoms with Gasteiger partial charge in [-0.25, -0.2) is 0 Å². The van der Waals surface area contributed by atoms with Crippen LogP contribution in [0.4, 0.5) is 0 Å². The van der Waals surface area contributed by atoms with Crippen molar-refractivity contribution >= 4 is 18.3 Å². The number of carbonyl (C=O) groups excluding carboxylic acids is 2. The van der Waals surface area contributed by atoms with Crippen LogP contribution in [0.5, 0.6) is 0 Å². The van der Waals surface area contributed by atoms with Crippen molar-refractivity contribution in [3.63, 3.8) is 0 Å². The molecule has 0 aliphatic rings. The Morgan fingerprint density at radius 1 is 1.29 bits per heavy atom. The molecule has 0 aliphatic carbocycles. The maximum Gasteiger partial charge on any atom is 0.248 e. The molecule has 1 rings (SSSR count). The maximum absolute atomic E-state index is 10.7. The summed E-state index contributed by atoms with van der Waals surface area (Å²) in [6.07, 6.45) is 2.51. The highest BCUT2D eigenvalue weighted by Gasteiger charge is 1.98. The van der Waals surface area contributed by atoms with Crippen molar-refractivity contribution in [2.75, 3.05) is 0 Å². The topological polar surface area (TPSA) is 60.2 Å². The van der Waals surface area contributed by atoms with Crippen LogP contribution in [0.15, 0.2) is 29.8 Å². The van der Waals surface area contributed by atoms with E-state index in [4.69, 9.17) is 5.73 Å². The van der Waals surface area contributed by atoms with Crippen molar-refractivity contribution in [2.24, 2.45) is 5.73 Å². The number of hydrogen-bond acceptors (Lipinski definition) is 2. The number of rotatable bonds is 3. The summed E-state index contributed by atoms with van der Waals surface area (Å²) in [6, 6.07) is 6.75. The van der Waals surface area contributed by atoms with Crippen LogP contribution in [0.1, 0.15) is 22.8 Å². The normalized spacial score (nSPS) is 11.1. The highest BCUT2D eigenvalue weighted by molar-refractivity contribution is 5.93. The number of nitrogens with two attached hydrogens (primary N) is 1. The molecule has 0 saturated carbocycles. The molecule has 1 aromatic rings. The number of aldehydes is 1. The first-order valence-electron chi connectivity index (χ1n) is 4.17. The van der Waals surface area contributed by atoms with Gasteiger partial charge in [-0.2, -0.15) is 0 Å². The zero-order valence-electron chi connectivity index (χ0n) is 7.86. The van der Waals surface area contributed by atoms with Gasteiger partial charge in [0.2, 0.25) is 5.91 Å². The van der Waals surface area contributed by atoms with Gasteiger partial charge in [-0.05, 0) is 36.3 Å². The van der Waals surface area contributed by atoms with E-state index in [1.807, 2.05) is 0 Å². The Balaban J connectivity index is 2.94. The summed E-state index contributed by atoms with van der Waals surface area (Å²) in [5.74, 6) is -0.451. The van der Waals surface area contributed by atoms with Gasteiger partial charge in [0.1, 0.15) is 6.29 Å². The van der Waals surface area contributed by atoms with E-state index in [9.17, 15) is 9.59 Å². The predicted molar refractivity (Wildman–Crippen MR) is 54.7 cm³/mol. The summed E-state index contributed by atoms with van der Waals surface area (Å²) in [4.78, 5) is 21.1. The fraction of sp³-hybridized carbons (Fsp3) is 0.0909. The molecule has 0 spiro atoms.